The standard InChI is InChI=1S/C16H11F4N5/c17-11-3-7-13(8-4-11)23-15-24-14(9-21-25-15)22-12-5-1-10(2-6-12)16(18,19)20/h1-9H,(H2,22,23,24,25). The van der Waals surface area contributed by atoms with Crippen LogP contribution >= 0.6 is 0 Å². The molecule has 1 aromatic heterocycles. The van der Waals surface area contributed by atoms with E-state index in [1.54, 1.807) is 0 Å². The molecule has 1 heterocycles. The molecule has 3 aromatic rings. The van der Waals surface area contributed by atoms with Crippen molar-refractivity contribution in [2.24, 2.45) is 0 Å². The maximum absolute atomic E-state index is 12.9. The van der Waals surface area contributed by atoms with Crippen molar-refractivity contribution < 1.29 is 17.6 Å². The number of hydrogen-bond donors (Lipinski definition) is 2. The molecule has 0 aliphatic heterocycles. The number of nitrogens with one attached hydrogen (secondary N) is 2. The van der Waals surface area contributed by atoms with Gasteiger partial charge in [-0.05, 0) is 48.5 Å². The second kappa shape index (κ2) is 6.71. The van der Waals surface area contributed by atoms with Crippen molar-refractivity contribution in [2.45, 2.75) is 6.18 Å². The van der Waals surface area contributed by atoms with Gasteiger partial charge in [0.2, 0.25) is 5.95 Å². The quantitative estimate of drug-likeness (QED) is 0.678. The summed E-state index contributed by atoms with van der Waals surface area (Å²) in [6.45, 7) is 0. The van der Waals surface area contributed by atoms with Crippen LogP contribution in [0.4, 0.5) is 40.7 Å². The predicted molar refractivity (Wildman–Crippen MR) is 84.2 cm³/mol. The normalized spacial score (nSPS) is 11.2. The Kier molecular flexibility index (Phi) is 4.46. The molecule has 9 heteroatoms. The van der Waals surface area contributed by atoms with Crippen molar-refractivity contribution in [3.63, 3.8) is 0 Å². The summed E-state index contributed by atoms with van der Waals surface area (Å²) >= 11 is 0. The van der Waals surface area contributed by atoms with Crippen LogP contribution in [-0.2, 0) is 6.18 Å². The molecule has 0 fully saturated rings. The van der Waals surface area contributed by atoms with Gasteiger partial charge in [0, 0.05) is 11.4 Å². The molecule has 3 rings (SSSR count). The third-order valence-corrected chi connectivity index (χ3v) is 3.14. The van der Waals surface area contributed by atoms with Crippen molar-refractivity contribution >= 4 is 23.1 Å². The SMILES string of the molecule is Fc1ccc(Nc2nncc(Nc3ccc(C(F)(F)F)cc3)n2)cc1. The van der Waals surface area contributed by atoms with Crippen molar-refractivity contribution in [2.75, 3.05) is 10.6 Å². The lowest BCUT2D eigenvalue weighted by Gasteiger charge is -2.09. The first kappa shape index (κ1) is 16.6. The predicted octanol–water partition coefficient (Wildman–Crippen LogP) is 4.52. The summed E-state index contributed by atoms with van der Waals surface area (Å²) in [6.07, 6.45) is -3.06. The average molecular weight is 349 g/mol. The maximum atomic E-state index is 12.9. The molecule has 0 bridgehead atoms. The fraction of sp³-hybridized carbons (Fsp3) is 0.0625. The lowest BCUT2D eigenvalue weighted by atomic mass is 10.2. The van der Waals surface area contributed by atoms with E-state index in [1.807, 2.05) is 0 Å². The Hall–Kier alpha value is -3.23. The summed E-state index contributed by atoms with van der Waals surface area (Å²) in [5.41, 5.74) is 0.244. The Bertz CT molecular complexity index is 848. The van der Waals surface area contributed by atoms with E-state index in [9.17, 15) is 17.6 Å². The van der Waals surface area contributed by atoms with Crippen LogP contribution in [0.25, 0.3) is 0 Å². The monoisotopic (exact) mass is 349 g/mol. The number of benzene rings is 2. The van der Waals surface area contributed by atoms with Crippen LogP contribution in [0.3, 0.4) is 0 Å². The Morgan fingerprint density at radius 1 is 0.800 bits per heavy atom. The van der Waals surface area contributed by atoms with Crippen molar-refractivity contribution in [3.8, 4) is 0 Å². The highest BCUT2D eigenvalue weighted by molar-refractivity contribution is 5.58. The van der Waals surface area contributed by atoms with Gasteiger partial charge in [-0.25, -0.2) is 4.39 Å². The molecule has 0 aliphatic rings. The topological polar surface area (TPSA) is 62.7 Å². The van der Waals surface area contributed by atoms with Gasteiger partial charge in [0.25, 0.3) is 0 Å². The summed E-state index contributed by atoms with van der Waals surface area (Å²) in [5, 5.41) is 13.2. The second-order valence-corrected chi connectivity index (χ2v) is 5.00. The van der Waals surface area contributed by atoms with E-state index < -0.39 is 11.7 Å². The molecule has 0 spiro atoms. The number of hydrogen-bond acceptors (Lipinski definition) is 5. The minimum atomic E-state index is -4.39. The van der Waals surface area contributed by atoms with Gasteiger partial charge in [0.15, 0.2) is 5.82 Å². The fourth-order valence-electron chi connectivity index (χ4n) is 1.97. The van der Waals surface area contributed by atoms with Crippen LogP contribution in [0.15, 0.2) is 54.7 Å². The van der Waals surface area contributed by atoms with Crippen LogP contribution < -0.4 is 10.6 Å². The summed E-state index contributed by atoms with van der Waals surface area (Å²) in [6, 6.07) is 10.1. The highest BCUT2D eigenvalue weighted by atomic mass is 19.4. The Labute approximate surface area is 139 Å². The van der Waals surface area contributed by atoms with Crippen LogP contribution in [0.2, 0.25) is 0 Å². The van der Waals surface area contributed by atoms with Gasteiger partial charge >= 0.3 is 6.18 Å². The minimum absolute atomic E-state index is 0.156. The number of anilines is 4. The average Bonchev–Trinajstić information content (AvgIpc) is 2.57. The van der Waals surface area contributed by atoms with Crippen molar-refractivity contribution in [3.05, 3.63) is 66.1 Å². The zero-order valence-corrected chi connectivity index (χ0v) is 12.5. The molecule has 0 unspecified atom stereocenters. The smallest absolute Gasteiger partial charge is 0.339 e. The number of rotatable bonds is 4. The molecule has 0 aliphatic carbocycles. The fourth-order valence-corrected chi connectivity index (χ4v) is 1.97. The Balaban J connectivity index is 1.72. The molecular weight excluding hydrogens is 338 g/mol. The van der Waals surface area contributed by atoms with Crippen LogP contribution in [-0.4, -0.2) is 15.2 Å². The lowest BCUT2D eigenvalue weighted by molar-refractivity contribution is -0.137. The van der Waals surface area contributed by atoms with E-state index in [1.165, 1.54) is 42.6 Å². The first-order valence-corrected chi connectivity index (χ1v) is 7.07. The summed E-state index contributed by atoms with van der Waals surface area (Å²) in [4.78, 5) is 4.15. The molecule has 2 N–H and O–H groups in total. The zero-order valence-electron chi connectivity index (χ0n) is 12.5. The van der Waals surface area contributed by atoms with Gasteiger partial charge < -0.3 is 10.6 Å². The first-order valence-electron chi connectivity index (χ1n) is 7.07. The Morgan fingerprint density at radius 3 is 2.04 bits per heavy atom. The van der Waals surface area contributed by atoms with Crippen LogP contribution in [0.5, 0.6) is 0 Å². The van der Waals surface area contributed by atoms with Crippen LogP contribution in [0.1, 0.15) is 5.56 Å². The molecular formula is C16H11F4N5. The van der Waals surface area contributed by atoms with Gasteiger partial charge in [-0.15, -0.1) is 5.10 Å². The van der Waals surface area contributed by atoms with Gasteiger partial charge in [-0.1, -0.05) is 0 Å². The van der Waals surface area contributed by atoms with Crippen molar-refractivity contribution in [1.82, 2.24) is 15.2 Å². The van der Waals surface area contributed by atoms with Gasteiger partial charge in [-0.2, -0.15) is 23.3 Å². The van der Waals surface area contributed by atoms with Crippen LogP contribution in [0, 0.1) is 5.82 Å². The zero-order chi connectivity index (χ0) is 17.9. The largest absolute Gasteiger partial charge is 0.416 e. The summed E-state index contributed by atoms with van der Waals surface area (Å²) in [5.74, 6) is 0.0743. The molecule has 0 saturated heterocycles. The van der Waals surface area contributed by atoms with E-state index in [2.05, 4.69) is 25.8 Å². The molecule has 2 aromatic carbocycles. The van der Waals surface area contributed by atoms with E-state index >= 15 is 0 Å². The highest BCUT2D eigenvalue weighted by Crippen LogP contribution is 2.30. The summed E-state index contributed by atoms with van der Waals surface area (Å²) in [7, 11) is 0. The van der Waals surface area contributed by atoms with Gasteiger partial charge in [0.1, 0.15) is 5.82 Å². The molecule has 128 valence electrons. The molecule has 5 nitrogen and oxygen atoms in total. The number of halogens is 4. The van der Waals surface area contributed by atoms with E-state index in [-0.39, 0.29) is 11.8 Å². The molecule has 0 saturated carbocycles. The molecule has 0 amide bonds. The van der Waals surface area contributed by atoms with E-state index in [4.69, 9.17) is 0 Å². The van der Waals surface area contributed by atoms with Crippen molar-refractivity contribution in [1.29, 1.82) is 0 Å². The van der Waals surface area contributed by atoms with Gasteiger partial charge in [0.05, 0.1) is 11.8 Å². The second-order valence-electron chi connectivity index (χ2n) is 5.00. The van der Waals surface area contributed by atoms with E-state index in [0.717, 1.165) is 12.1 Å². The summed E-state index contributed by atoms with van der Waals surface area (Å²) < 4.78 is 50.5. The number of nitrogens with zero attached hydrogens (tertiary/aromatic N) is 3. The maximum Gasteiger partial charge on any atom is 0.416 e. The molecule has 25 heavy (non-hydrogen) atoms. The third-order valence-electron chi connectivity index (χ3n) is 3.14. The highest BCUT2D eigenvalue weighted by Gasteiger charge is 2.29. The molecule has 0 radical (unpaired) electrons. The van der Waals surface area contributed by atoms with E-state index in [0.29, 0.717) is 17.2 Å². The Morgan fingerprint density at radius 2 is 1.40 bits per heavy atom. The molecule has 0 atom stereocenters. The third kappa shape index (κ3) is 4.40. The number of aromatic nitrogens is 3. The number of alkyl halides is 3. The van der Waals surface area contributed by atoms with Gasteiger partial charge in [-0.3, -0.25) is 0 Å². The first-order chi connectivity index (χ1) is 11.9. The minimum Gasteiger partial charge on any atom is -0.339 e. The lowest BCUT2D eigenvalue weighted by Crippen LogP contribution is -2.05.